The zero-order valence-electron chi connectivity index (χ0n) is 11.6. The van der Waals surface area contributed by atoms with Crippen LogP contribution in [0.15, 0.2) is 48.5 Å². The second-order valence-corrected chi connectivity index (χ2v) is 4.68. The topological polar surface area (TPSA) is 52.3 Å². The molecule has 20 heavy (non-hydrogen) atoms. The first kappa shape index (κ1) is 14.3. The summed E-state index contributed by atoms with van der Waals surface area (Å²) in [5, 5.41) is 0. The van der Waals surface area contributed by atoms with Crippen molar-refractivity contribution in [3.05, 3.63) is 65.2 Å². The van der Waals surface area contributed by atoms with Gasteiger partial charge in [0, 0.05) is 24.9 Å². The van der Waals surface area contributed by atoms with Gasteiger partial charge in [0.1, 0.15) is 11.5 Å². The Morgan fingerprint density at radius 3 is 2.15 bits per heavy atom. The fourth-order valence-corrected chi connectivity index (χ4v) is 2.27. The molecule has 0 fully saturated rings. The lowest BCUT2D eigenvalue weighted by atomic mass is 9.98. The first-order valence-corrected chi connectivity index (χ1v) is 6.65. The van der Waals surface area contributed by atoms with Crippen LogP contribution in [0.4, 0.5) is 0 Å². The minimum atomic E-state index is 0.162. The van der Waals surface area contributed by atoms with Crippen LogP contribution in [0.5, 0.6) is 5.75 Å². The molecule has 0 saturated heterocycles. The Bertz CT molecular complexity index is 542. The number of para-hydroxylation sites is 1. The molecule has 0 bridgehead atoms. The molecule has 0 unspecified atom stereocenters. The molecule has 0 saturated carbocycles. The average Bonchev–Trinajstić information content (AvgIpc) is 2.48. The number of benzene rings is 2. The standard InChI is InChI=1S/C17H19NO2/c1-20-17-9-5-4-7-14(17)11-16(19)10-13-6-2-3-8-15(13)12-18/h2-9H,10-12,18H2,1H3. The lowest BCUT2D eigenvalue weighted by Gasteiger charge is -2.09. The van der Waals surface area contributed by atoms with E-state index in [2.05, 4.69) is 0 Å². The van der Waals surface area contributed by atoms with Gasteiger partial charge in [0.2, 0.25) is 0 Å². The number of rotatable bonds is 6. The van der Waals surface area contributed by atoms with Crippen LogP contribution in [0, 0.1) is 0 Å². The van der Waals surface area contributed by atoms with Crippen LogP contribution >= 0.6 is 0 Å². The van der Waals surface area contributed by atoms with E-state index in [1.807, 2.05) is 48.5 Å². The Balaban J connectivity index is 2.09. The van der Waals surface area contributed by atoms with E-state index in [-0.39, 0.29) is 5.78 Å². The van der Waals surface area contributed by atoms with E-state index >= 15 is 0 Å². The Morgan fingerprint density at radius 2 is 1.50 bits per heavy atom. The quantitative estimate of drug-likeness (QED) is 0.876. The van der Waals surface area contributed by atoms with Gasteiger partial charge in [-0.05, 0) is 17.2 Å². The molecule has 2 rings (SSSR count). The van der Waals surface area contributed by atoms with E-state index in [1.54, 1.807) is 7.11 Å². The van der Waals surface area contributed by atoms with Gasteiger partial charge in [-0.1, -0.05) is 42.5 Å². The Labute approximate surface area is 119 Å². The first-order chi connectivity index (χ1) is 9.74. The van der Waals surface area contributed by atoms with Crippen molar-refractivity contribution in [3.63, 3.8) is 0 Å². The molecule has 2 aromatic rings. The summed E-state index contributed by atoms with van der Waals surface area (Å²) in [6.07, 6.45) is 0.786. The maximum absolute atomic E-state index is 12.2. The number of carbonyl (C=O) groups excluding carboxylic acids is 1. The van der Waals surface area contributed by atoms with Crippen molar-refractivity contribution in [2.75, 3.05) is 7.11 Å². The molecule has 0 aliphatic carbocycles. The van der Waals surface area contributed by atoms with Gasteiger partial charge >= 0.3 is 0 Å². The molecular weight excluding hydrogens is 250 g/mol. The molecule has 0 amide bonds. The highest BCUT2D eigenvalue weighted by Gasteiger charge is 2.10. The predicted molar refractivity (Wildman–Crippen MR) is 79.7 cm³/mol. The third-order valence-corrected chi connectivity index (χ3v) is 3.31. The van der Waals surface area contributed by atoms with Gasteiger partial charge in [-0.3, -0.25) is 4.79 Å². The number of nitrogens with two attached hydrogens (primary N) is 1. The molecule has 104 valence electrons. The zero-order chi connectivity index (χ0) is 14.4. The molecule has 3 heteroatoms. The number of ether oxygens (including phenoxy) is 1. The molecule has 0 radical (unpaired) electrons. The summed E-state index contributed by atoms with van der Waals surface area (Å²) in [7, 11) is 1.62. The van der Waals surface area contributed by atoms with Crippen molar-refractivity contribution < 1.29 is 9.53 Å². The monoisotopic (exact) mass is 269 g/mol. The Hall–Kier alpha value is -2.13. The fourth-order valence-electron chi connectivity index (χ4n) is 2.27. The van der Waals surface area contributed by atoms with Crippen molar-refractivity contribution in [3.8, 4) is 5.75 Å². The molecule has 0 spiro atoms. The molecule has 0 heterocycles. The fraction of sp³-hybridized carbons (Fsp3) is 0.235. The summed E-state index contributed by atoms with van der Waals surface area (Å²) < 4.78 is 5.27. The van der Waals surface area contributed by atoms with E-state index in [0.29, 0.717) is 19.4 Å². The van der Waals surface area contributed by atoms with Gasteiger partial charge in [0.15, 0.2) is 0 Å². The minimum absolute atomic E-state index is 0.162. The van der Waals surface area contributed by atoms with Crippen LogP contribution in [0.1, 0.15) is 16.7 Å². The van der Waals surface area contributed by atoms with Crippen LogP contribution in [0.2, 0.25) is 0 Å². The average molecular weight is 269 g/mol. The molecule has 0 aliphatic heterocycles. The Morgan fingerprint density at radius 1 is 0.950 bits per heavy atom. The summed E-state index contributed by atoms with van der Waals surface area (Å²) in [5.74, 6) is 0.920. The van der Waals surface area contributed by atoms with Gasteiger partial charge in [-0.2, -0.15) is 0 Å². The molecular formula is C17H19NO2. The zero-order valence-corrected chi connectivity index (χ0v) is 11.6. The molecule has 0 atom stereocenters. The number of ketones is 1. The second-order valence-electron chi connectivity index (χ2n) is 4.68. The van der Waals surface area contributed by atoms with Crippen molar-refractivity contribution in [2.24, 2.45) is 5.73 Å². The number of carbonyl (C=O) groups is 1. The van der Waals surface area contributed by atoms with Gasteiger partial charge in [-0.15, -0.1) is 0 Å². The van der Waals surface area contributed by atoms with Crippen molar-refractivity contribution >= 4 is 5.78 Å². The van der Waals surface area contributed by atoms with Gasteiger partial charge < -0.3 is 10.5 Å². The molecule has 2 aromatic carbocycles. The lowest BCUT2D eigenvalue weighted by Crippen LogP contribution is -2.10. The predicted octanol–water partition coefficient (Wildman–Crippen LogP) is 2.51. The normalized spacial score (nSPS) is 10.3. The van der Waals surface area contributed by atoms with Crippen LogP contribution in [0.25, 0.3) is 0 Å². The van der Waals surface area contributed by atoms with Crippen LogP contribution < -0.4 is 10.5 Å². The van der Waals surface area contributed by atoms with Crippen LogP contribution in [-0.2, 0) is 24.2 Å². The van der Waals surface area contributed by atoms with Crippen molar-refractivity contribution in [1.29, 1.82) is 0 Å². The van der Waals surface area contributed by atoms with E-state index < -0.39 is 0 Å². The third kappa shape index (κ3) is 3.45. The molecule has 0 aromatic heterocycles. The maximum Gasteiger partial charge on any atom is 0.141 e. The Kier molecular flexibility index (Phi) is 4.91. The number of hydrogen-bond acceptors (Lipinski definition) is 3. The molecule has 3 nitrogen and oxygen atoms in total. The second kappa shape index (κ2) is 6.87. The van der Waals surface area contributed by atoms with Crippen LogP contribution in [0.3, 0.4) is 0 Å². The molecule has 2 N–H and O–H groups in total. The van der Waals surface area contributed by atoms with E-state index in [4.69, 9.17) is 10.5 Å². The van der Waals surface area contributed by atoms with E-state index in [9.17, 15) is 4.79 Å². The van der Waals surface area contributed by atoms with E-state index in [0.717, 1.165) is 22.4 Å². The SMILES string of the molecule is COc1ccccc1CC(=O)Cc1ccccc1CN. The van der Waals surface area contributed by atoms with E-state index in [1.165, 1.54) is 0 Å². The smallest absolute Gasteiger partial charge is 0.141 e. The minimum Gasteiger partial charge on any atom is -0.496 e. The number of methoxy groups -OCH3 is 1. The summed E-state index contributed by atoms with van der Waals surface area (Å²) in [6.45, 7) is 0.456. The van der Waals surface area contributed by atoms with Crippen LogP contribution in [-0.4, -0.2) is 12.9 Å². The molecule has 0 aliphatic rings. The summed E-state index contributed by atoms with van der Waals surface area (Å²) >= 11 is 0. The third-order valence-electron chi connectivity index (χ3n) is 3.31. The maximum atomic E-state index is 12.2. The first-order valence-electron chi connectivity index (χ1n) is 6.65. The highest BCUT2D eigenvalue weighted by atomic mass is 16.5. The lowest BCUT2D eigenvalue weighted by molar-refractivity contribution is -0.117. The van der Waals surface area contributed by atoms with Crippen molar-refractivity contribution in [1.82, 2.24) is 0 Å². The number of hydrogen-bond donors (Lipinski definition) is 1. The van der Waals surface area contributed by atoms with Gasteiger partial charge in [0.25, 0.3) is 0 Å². The highest BCUT2D eigenvalue weighted by molar-refractivity contribution is 5.84. The summed E-state index contributed by atoms with van der Waals surface area (Å²) in [5.41, 5.74) is 8.65. The number of Topliss-reactive ketones (excluding diaryl/α,β-unsaturated/α-hetero) is 1. The summed E-state index contributed by atoms with van der Waals surface area (Å²) in [6, 6.07) is 15.4. The highest BCUT2D eigenvalue weighted by Crippen LogP contribution is 2.19. The summed E-state index contributed by atoms with van der Waals surface area (Å²) in [4.78, 5) is 12.2. The van der Waals surface area contributed by atoms with Gasteiger partial charge in [-0.25, -0.2) is 0 Å². The van der Waals surface area contributed by atoms with Crippen molar-refractivity contribution in [2.45, 2.75) is 19.4 Å². The largest absolute Gasteiger partial charge is 0.496 e. The van der Waals surface area contributed by atoms with Gasteiger partial charge in [0.05, 0.1) is 7.11 Å².